The quantitative estimate of drug-likeness (QED) is 0.473. The van der Waals surface area contributed by atoms with Gasteiger partial charge in [0.2, 0.25) is 0 Å². The van der Waals surface area contributed by atoms with E-state index in [0.29, 0.717) is 28.2 Å². The number of thiocarbonyl (C=S) groups is 1. The molecule has 1 saturated heterocycles. The molecule has 0 bridgehead atoms. The predicted octanol–water partition coefficient (Wildman–Crippen LogP) is 3.94. The van der Waals surface area contributed by atoms with Gasteiger partial charge in [0.05, 0.1) is 4.91 Å². The maximum atomic E-state index is 11.8. The second kappa shape index (κ2) is 8.18. The van der Waals surface area contributed by atoms with E-state index in [2.05, 4.69) is 5.32 Å². The van der Waals surface area contributed by atoms with Gasteiger partial charge in [-0.05, 0) is 36.8 Å². The third-order valence-electron chi connectivity index (χ3n) is 3.45. The molecule has 4 nitrogen and oxygen atoms in total. The van der Waals surface area contributed by atoms with E-state index >= 15 is 0 Å². The summed E-state index contributed by atoms with van der Waals surface area (Å²) in [5.41, 5.74) is 1.99. The molecule has 0 unspecified atom stereocenters. The van der Waals surface area contributed by atoms with Crippen molar-refractivity contribution in [2.45, 2.75) is 6.92 Å². The molecular formula is C19H17NO3S2. The lowest BCUT2D eigenvalue weighted by Crippen LogP contribution is -2.17. The van der Waals surface area contributed by atoms with Crippen LogP contribution in [0.25, 0.3) is 6.08 Å². The monoisotopic (exact) mass is 371 g/mol. The summed E-state index contributed by atoms with van der Waals surface area (Å²) in [4.78, 5) is 12.4. The number of aryl methyl sites for hydroxylation is 1. The molecule has 128 valence electrons. The van der Waals surface area contributed by atoms with Crippen LogP contribution in [-0.2, 0) is 4.79 Å². The summed E-state index contributed by atoms with van der Waals surface area (Å²) >= 11 is 6.26. The molecule has 1 fully saturated rings. The summed E-state index contributed by atoms with van der Waals surface area (Å²) in [6.45, 7) is 2.87. The Morgan fingerprint density at radius 1 is 1.12 bits per heavy atom. The number of hydrogen-bond acceptors (Lipinski definition) is 5. The first kappa shape index (κ1) is 17.5. The molecule has 1 heterocycles. The highest BCUT2D eigenvalue weighted by atomic mass is 32.2. The Bertz CT molecular complexity index is 833. The van der Waals surface area contributed by atoms with Crippen molar-refractivity contribution in [3.8, 4) is 11.5 Å². The number of carbonyl (C=O) groups excluding carboxylic acids is 1. The van der Waals surface area contributed by atoms with Gasteiger partial charge in [-0.15, -0.1) is 0 Å². The number of para-hydroxylation sites is 1. The lowest BCUT2D eigenvalue weighted by molar-refractivity contribution is -0.115. The number of rotatable bonds is 6. The summed E-state index contributed by atoms with van der Waals surface area (Å²) in [6.07, 6.45) is 1.79. The van der Waals surface area contributed by atoms with Crippen LogP contribution < -0.4 is 14.8 Å². The Labute approximate surface area is 156 Å². The number of benzene rings is 2. The van der Waals surface area contributed by atoms with Gasteiger partial charge in [-0.1, -0.05) is 54.3 Å². The first-order valence-corrected chi connectivity index (χ1v) is 9.00. The Morgan fingerprint density at radius 3 is 2.68 bits per heavy atom. The van der Waals surface area contributed by atoms with Gasteiger partial charge in [0.15, 0.2) is 0 Å². The van der Waals surface area contributed by atoms with Crippen LogP contribution >= 0.6 is 24.0 Å². The van der Waals surface area contributed by atoms with Crippen LogP contribution in [0.15, 0.2) is 53.4 Å². The largest absolute Gasteiger partial charge is 0.490 e. The molecule has 2 aromatic rings. The van der Waals surface area contributed by atoms with E-state index in [9.17, 15) is 4.79 Å². The maximum Gasteiger partial charge on any atom is 0.263 e. The van der Waals surface area contributed by atoms with Crippen LogP contribution in [0.2, 0.25) is 0 Å². The van der Waals surface area contributed by atoms with Crippen molar-refractivity contribution in [2.75, 3.05) is 13.2 Å². The highest BCUT2D eigenvalue weighted by molar-refractivity contribution is 8.26. The van der Waals surface area contributed by atoms with Gasteiger partial charge in [0.1, 0.15) is 29.0 Å². The summed E-state index contributed by atoms with van der Waals surface area (Å²) < 4.78 is 12.0. The molecule has 1 amide bonds. The standard InChI is InChI=1S/C19H17NO3S2/c1-13-5-4-7-15(11-13)22-9-10-23-16-8-3-2-6-14(16)12-17-18(21)20-19(24)25-17/h2-8,11-12H,9-10H2,1H3,(H,20,21,24). The number of nitrogens with one attached hydrogen (secondary N) is 1. The number of hydrogen-bond donors (Lipinski definition) is 1. The first-order chi connectivity index (χ1) is 12.1. The van der Waals surface area contributed by atoms with Gasteiger partial charge in [0, 0.05) is 5.56 Å². The van der Waals surface area contributed by atoms with Crippen LogP contribution in [0.5, 0.6) is 11.5 Å². The Kier molecular flexibility index (Phi) is 5.73. The van der Waals surface area contributed by atoms with Gasteiger partial charge >= 0.3 is 0 Å². The molecule has 0 aromatic heterocycles. The van der Waals surface area contributed by atoms with E-state index < -0.39 is 0 Å². The van der Waals surface area contributed by atoms with E-state index in [1.54, 1.807) is 6.08 Å². The zero-order valence-electron chi connectivity index (χ0n) is 13.7. The zero-order valence-corrected chi connectivity index (χ0v) is 15.3. The van der Waals surface area contributed by atoms with Gasteiger partial charge in [-0.25, -0.2) is 0 Å². The first-order valence-electron chi connectivity index (χ1n) is 7.78. The topological polar surface area (TPSA) is 47.6 Å². The van der Waals surface area contributed by atoms with E-state index in [4.69, 9.17) is 21.7 Å². The van der Waals surface area contributed by atoms with Gasteiger partial charge in [0.25, 0.3) is 5.91 Å². The number of ether oxygens (including phenoxy) is 2. The molecule has 0 radical (unpaired) electrons. The molecule has 6 heteroatoms. The fourth-order valence-electron chi connectivity index (χ4n) is 2.31. The molecule has 1 aliphatic heterocycles. The van der Waals surface area contributed by atoms with E-state index in [1.807, 2.05) is 55.5 Å². The second-order valence-electron chi connectivity index (χ2n) is 5.40. The predicted molar refractivity (Wildman–Crippen MR) is 105 cm³/mol. The third kappa shape index (κ3) is 4.84. The van der Waals surface area contributed by atoms with Crippen molar-refractivity contribution >= 4 is 40.3 Å². The minimum absolute atomic E-state index is 0.174. The Hall–Kier alpha value is -2.31. The third-order valence-corrected chi connectivity index (χ3v) is 4.61. The summed E-state index contributed by atoms with van der Waals surface area (Å²) in [7, 11) is 0. The van der Waals surface area contributed by atoms with E-state index in [-0.39, 0.29) is 5.91 Å². The molecule has 2 aromatic carbocycles. The van der Waals surface area contributed by atoms with Crippen molar-refractivity contribution in [3.05, 3.63) is 64.6 Å². The average molecular weight is 371 g/mol. The van der Waals surface area contributed by atoms with Crippen LogP contribution in [-0.4, -0.2) is 23.4 Å². The Morgan fingerprint density at radius 2 is 1.92 bits per heavy atom. The summed E-state index contributed by atoms with van der Waals surface area (Å²) in [6, 6.07) is 15.5. The summed E-state index contributed by atoms with van der Waals surface area (Å²) in [5.74, 6) is 1.35. The molecule has 1 aliphatic rings. The van der Waals surface area contributed by atoms with E-state index in [1.165, 1.54) is 11.8 Å². The highest BCUT2D eigenvalue weighted by Gasteiger charge is 2.22. The summed E-state index contributed by atoms with van der Waals surface area (Å²) in [5, 5.41) is 2.61. The average Bonchev–Trinajstić information content (AvgIpc) is 2.90. The SMILES string of the molecule is Cc1cccc(OCCOc2ccccc2C=C2SC(=S)NC2=O)c1. The fourth-order valence-corrected chi connectivity index (χ4v) is 3.34. The van der Waals surface area contributed by atoms with Crippen molar-refractivity contribution in [1.82, 2.24) is 5.32 Å². The molecule has 0 spiro atoms. The fraction of sp³-hybridized carbons (Fsp3) is 0.158. The maximum absolute atomic E-state index is 11.8. The van der Waals surface area contributed by atoms with Crippen LogP contribution in [0.1, 0.15) is 11.1 Å². The number of amides is 1. The van der Waals surface area contributed by atoms with Gasteiger partial charge in [-0.3, -0.25) is 4.79 Å². The van der Waals surface area contributed by atoms with Crippen molar-refractivity contribution < 1.29 is 14.3 Å². The lowest BCUT2D eigenvalue weighted by atomic mass is 10.2. The second-order valence-corrected chi connectivity index (χ2v) is 7.12. The molecule has 3 rings (SSSR count). The number of carbonyl (C=O) groups is 1. The molecular weight excluding hydrogens is 354 g/mol. The minimum Gasteiger partial charge on any atom is -0.490 e. The highest BCUT2D eigenvalue weighted by Crippen LogP contribution is 2.29. The smallest absolute Gasteiger partial charge is 0.263 e. The molecule has 0 atom stereocenters. The van der Waals surface area contributed by atoms with Crippen molar-refractivity contribution in [3.63, 3.8) is 0 Å². The molecule has 25 heavy (non-hydrogen) atoms. The zero-order chi connectivity index (χ0) is 17.6. The number of thioether (sulfide) groups is 1. The molecule has 0 saturated carbocycles. The van der Waals surface area contributed by atoms with Crippen LogP contribution in [0.4, 0.5) is 0 Å². The molecule has 1 N–H and O–H groups in total. The van der Waals surface area contributed by atoms with Gasteiger partial charge in [-0.2, -0.15) is 0 Å². The van der Waals surface area contributed by atoms with E-state index in [0.717, 1.165) is 16.9 Å². The van der Waals surface area contributed by atoms with Crippen molar-refractivity contribution in [1.29, 1.82) is 0 Å². The van der Waals surface area contributed by atoms with Crippen LogP contribution in [0.3, 0.4) is 0 Å². The Balaban J connectivity index is 1.61. The van der Waals surface area contributed by atoms with Crippen LogP contribution in [0, 0.1) is 6.92 Å². The normalized spacial score (nSPS) is 15.3. The minimum atomic E-state index is -0.174. The molecule has 0 aliphatic carbocycles. The van der Waals surface area contributed by atoms with Crippen molar-refractivity contribution in [2.24, 2.45) is 0 Å². The van der Waals surface area contributed by atoms with Gasteiger partial charge < -0.3 is 14.8 Å². The lowest BCUT2D eigenvalue weighted by Gasteiger charge is -2.11.